The predicted molar refractivity (Wildman–Crippen MR) is 113 cm³/mol. The number of fused-ring (bicyclic) bond motifs is 1. The molecule has 3 aromatic rings. The highest BCUT2D eigenvalue weighted by molar-refractivity contribution is 5.95. The number of alkyl carbamates (subject to hydrolysis) is 1. The standard InChI is InChI=1S/C22H19F5N4O5/c1-11(29-21(34)36-20(33)22(25,26)27)9-28-19(32)17-12(2)30-18-16(7-4-8-31(17)18)35-10-13-14(23)5-3-6-15(13)24/h3-8,11H,9-10H2,1-2H3,(H,28,32)(H,29,34). The van der Waals surface area contributed by atoms with Crippen LogP contribution in [0.15, 0.2) is 36.5 Å². The summed E-state index contributed by atoms with van der Waals surface area (Å²) in [5.41, 5.74) is 0.265. The Kier molecular flexibility index (Phi) is 7.75. The average Bonchev–Trinajstić information content (AvgIpc) is 3.13. The van der Waals surface area contributed by atoms with E-state index in [4.69, 9.17) is 4.74 Å². The first-order chi connectivity index (χ1) is 16.9. The third kappa shape index (κ3) is 6.06. The summed E-state index contributed by atoms with van der Waals surface area (Å²) in [6, 6.07) is 5.52. The molecule has 9 nitrogen and oxygen atoms in total. The zero-order valence-electron chi connectivity index (χ0n) is 18.8. The number of ether oxygens (including phenoxy) is 2. The van der Waals surface area contributed by atoms with Crippen LogP contribution in [0.25, 0.3) is 5.65 Å². The van der Waals surface area contributed by atoms with E-state index in [9.17, 15) is 36.3 Å². The summed E-state index contributed by atoms with van der Waals surface area (Å²) in [5.74, 6) is -4.74. The van der Waals surface area contributed by atoms with Crippen LogP contribution in [-0.2, 0) is 16.1 Å². The number of alkyl halides is 3. The van der Waals surface area contributed by atoms with Crippen LogP contribution >= 0.6 is 0 Å². The van der Waals surface area contributed by atoms with Crippen LogP contribution < -0.4 is 15.4 Å². The van der Waals surface area contributed by atoms with Crippen molar-refractivity contribution in [1.29, 1.82) is 0 Å². The van der Waals surface area contributed by atoms with Crippen molar-refractivity contribution in [3.8, 4) is 5.75 Å². The first-order valence-electron chi connectivity index (χ1n) is 10.3. The molecule has 0 aliphatic rings. The van der Waals surface area contributed by atoms with Gasteiger partial charge in [0.2, 0.25) is 0 Å². The Morgan fingerprint density at radius 1 is 1.11 bits per heavy atom. The summed E-state index contributed by atoms with van der Waals surface area (Å²) < 4.78 is 74.8. The average molecular weight is 514 g/mol. The minimum atomic E-state index is -5.33. The number of carbonyl (C=O) groups is 3. The van der Waals surface area contributed by atoms with E-state index in [0.717, 1.165) is 12.1 Å². The normalized spacial score (nSPS) is 12.2. The molecule has 0 spiro atoms. The summed E-state index contributed by atoms with van der Waals surface area (Å²) in [5, 5.41) is 4.47. The van der Waals surface area contributed by atoms with Crippen LogP contribution in [0.2, 0.25) is 0 Å². The second-order valence-corrected chi connectivity index (χ2v) is 7.53. The van der Waals surface area contributed by atoms with E-state index >= 15 is 0 Å². The SMILES string of the molecule is Cc1nc2c(OCc3c(F)cccc3F)cccn2c1C(=O)NCC(C)NC(=O)OC(=O)C(F)(F)F. The number of esters is 1. The van der Waals surface area contributed by atoms with Gasteiger partial charge in [0, 0.05) is 18.8 Å². The maximum Gasteiger partial charge on any atom is 0.491 e. The first kappa shape index (κ1) is 26.4. The van der Waals surface area contributed by atoms with E-state index in [1.165, 1.54) is 42.6 Å². The zero-order valence-corrected chi connectivity index (χ0v) is 18.8. The number of pyridine rings is 1. The molecule has 1 aromatic carbocycles. The zero-order chi connectivity index (χ0) is 26.6. The summed E-state index contributed by atoms with van der Waals surface area (Å²) in [4.78, 5) is 39.1. The van der Waals surface area contributed by atoms with Gasteiger partial charge in [-0.25, -0.2) is 23.4 Å². The van der Waals surface area contributed by atoms with Gasteiger partial charge in [0.1, 0.15) is 23.9 Å². The van der Waals surface area contributed by atoms with Gasteiger partial charge in [-0.2, -0.15) is 13.2 Å². The number of benzene rings is 1. The van der Waals surface area contributed by atoms with E-state index < -0.39 is 48.4 Å². The highest BCUT2D eigenvalue weighted by atomic mass is 19.4. The largest absolute Gasteiger partial charge is 0.491 e. The molecule has 2 aromatic heterocycles. The predicted octanol–water partition coefficient (Wildman–Crippen LogP) is 3.43. The molecule has 0 radical (unpaired) electrons. The molecule has 14 heteroatoms. The maximum atomic E-state index is 13.9. The van der Waals surface area contributed by atoms with Crippen LogP contribution in [-0.4, -0.2) is 46.1 Å². The van der Waals surface area contributed by atoms with Crippen molar-refractivity contribution in [3.05, 3.63) is 65.1 Å². The summed E-state index contributed by atoms with van der Waals surface area (Å²) in [6.07, 6.45) is -5.46. The fourth-order valence-corrected chi connectivity index (χ4v) is 3.12. The third-order valence-electron chi connectivity index (χ3n) is 4.79. The first-order valence-corrected chi connectivity index (χ1v) is 10.3. The van der Waals surface area contributed by atoms with Crippen LogP contribution in [0.4, 0.5) is 26.7 Å². The lowest BCUT2D eigenvalue weighted by molar-refractivity contribution is -0.192. The number of aryl methyl sites for hydroxylation is 1. The Morgan fingerprint density at radius 3 is 2.42 bits per heavy atom. The molecule has 0 fully saturated rings. The monoisotopic (exact) mass is 514 g/mol. The fourth-order valence-electron chi connectivity index (χ4n) is 3.12. The number of amides is 2. The number of nitrogens with one attached hydrogen (secondary N) is 2. The Hall–Kier alpha value is -4.23. The Bertz CT molecular complexity index is 1290. The molecule has 3 rings (SSSR count). The Labute approximate surface area is 200 Å². The highest BCUT2D eigenvalue weighted by Crippen LogP contribution is 2.24. The second-order valence-electron chi connectivity index (χ2n) is 7.53. The van der Waals surface area contributed by atoms with Crippen molar-refractivity contribution in [2.24, 2.45) is 0 Å². The minimum Gasteiger partial charge on any atom is -0.485 e. The lowest BCUT2D eigenvalue weighted by atomic mass is 10.2. The summed E-state index contributed by atoms with van der Waals surface area (Å²) in [7, 11) is 0. The van der Waals surface area contributed by atoms with Crippen molar-refractivity contribution >= 4 is 23.6 Å². The van der Waals surface area contributed by atoms with Crippen molar-refractivity contribution < 1.29 is 45.8 Å². The molecule has 1 atom stereocenters. The molecular formula is C22H19F5N4O5. The number of rotatable bonds is 7. The van der Waals surface area contributed by atoms with E-state index in [1.807, 2.05) is 5.32 Å². The number of carbonyl (C=O) groups excluding carboxylic acids is 3. The number of hydrogen-bond donors (Lipinski definition) is 2. The summed E-state index contributed by atoms with van der Waals surface area (Å²) in [6.45, 7) is 2.23. The molecule has 192 valence electrons. The van der Waals surface area contributed by atoms with Gasteiger partial charge in [0.05, 0.1) is 11.3 Å². The van der Waals surface area contributed by atoms with Gasteiger partial charge < -0.3 is 20.1 Å². The van der Waals surface area contributed by atoms with Crippen molar-refractivity contribution in [2.75, 3.05) is 6.54 Å². The molecule has 0 saturated carbocycles. The lowest BCUT2D eigenvalue weighted by Crippen LogP contribution is -2.44. The lowest BCUT2D eigenvalue weighted by Gasteiger charge is -2.15. The molecule has 0 aliphatic heterocycles. The summed E-state index contributed by atoms with van der Waals surface area (Å²) >= 11 is 0. The molecular weight excluding hydrogens is 495 g/mol. The Balaban J connectivity index is 1.67. The molecule has 2 N–H and O–H groups in total. The van der Waals surface area contributed by atoms with Gasteiger partial charge in [-0.05, 0) is 38.1 Å². The fraction of sp³-hybridized carbons (Fsp3) is 0.273. The maximum absolute atomic E-state index is 13.9. The van der Waals surface area contributed by atoms with Gasteiger partial charge in [-0.1, -0.05) is 6.07 Å². The van der Waals surface area contributed by atoms with Crippen LogP contribution in [0, 0.1) is 18.6 Å². The molecule has 0 saturated heterocycles. The smallest absolute Gasteiger partial charge is 0.485 e. The van der Waals surface area contributed by atoms with E-state index in [-0.39, 0.29) is 34.9 Å². The minimum absolute atomic E-state index is 0.0783. The van der Waals surface area contributed by atoms with Crippen LogP contribution in [0.5, 0.6) is 5.75 Å². The molecule has 1 unspecified atom stereocenters. The number of aromatic nitrogens is 2. The number of imidazole rings is 1. The van der Waals surface area contributed by atoms with E-state index in [0.29, 0.717) is 0 Å². The number of hydrogen-bond acceptors (Lipinski definition) is 6. The van der Waals surface area contributed by atoms with Gasteiger partial charge >= 0.3 is 18.2 Å². The topological polar surface area (TPSA) is 111 Å². The van der Waals surface area contributed by atoms with E-state index in [2.05, 4.69) is 15.0 Å². The number of nitrogens with zero attached hydrogens (tertiary/aromatic N) is 2. The van der Waals surface area contributed by atoms with Crippen LogP contribution in [0.1, 0.15) is 28.7 Å². The molecule has 0 aliphatic carbocycles. The number of halogens is 5. The molecule has 36 heavy (non-hydrogen) atoms. The van der Waals surface area contributed by atoms with Crippen LogP contribution in [0.3, 0.4) is 0 Å². The van der Waals surface area contributed by atoms with Crippen molar-refractivity contribution in [2.45, 2.75) is 32.7 Å². The second kappa shape index (κ2) is 10.6. The third-order valence-corrected chi connectivity index (χ3v) is 4.79. The Morgan fingerprint density at radius 2 is 1.78 bits per heavy atom. The van der Waals surface area contributed by atoms with Crippen molar-refractivity contribution in [3.63, 3.8) is 0 Å². The van der Waals surface area contributed by atoms with Gasteiger partial charge in [0.15, 0.2) is 11.4 Å². The van der Waals surface area contributed by atoms with Crippen molar-refractivity contribution in [1.82, 2.24) is 20.0 Å². The molecule has 2 heterocycles. The van der Waals surface area contributed by atoms with Gasteiger partial charge in [-0.3, -0.25) is 9.20 Å². The van der Waals surface area contributed by atoms with E-state index in [1.54, 1.807) is 0 Å². The quantitative estimate of drug-likeness (QED) is 0.284. The molecule has 0 bridgehead atoms. The van der Waals surface area contributed by atoms with Gasteiger partial charge in [0.25, 0.3) is 5.91 Å². The molecule has 2 amide bonds. The highest BCUT2D eigenvalue weighted by Gasteiger charge is 2.42. The van der Waals surface area contributed by atoms with Gasteiger partial charge in [-0.15, -0.1) is 0 Å².